The number of carbonyl (C=O) groups excluding carboxylic acids is 1. The molecule has 0 unspecified atom stereocenters. The maximum atomic E-state index is 11.9. The van der Waals surface area contributed by atoms with E-state index < -0.39 is 0 Å². The maximum Gasteiger partial charge on any atom is 0.225 e. The fraction of sp³-hybridized carbons (Fsp3) is 0.636. The molecule has 0 radical (unpaired) electrons. The Morgan fingerprint density at radius 2 is 2.19 bits per heavy atom. The Morgan fingerprint density at radius 1 is 1.50 bits per heavy atom. The highest BCUT2D eigenvalue weighted by atomic mass is 79.9. The molecule has 5 heteroatoms. The number of fused-ring (bicyclic) bond motifs is 1. The summed E-state index contributed by atoms with van der Waals surface area (Å²) in [5.74, 6) is 0.293. The van der Waals surface area contributed by atoms with Gasteiger partial charge in [-0.15, -0.1) is 0 Å². The van der Waals surface area contributed by atoms with E-state index in [2.05, 4.69) is 20.9 Å². The van der Waals surface area contributed by atoms with Crippen molar-refractivity contribution in [2.24, 2.45) is 13.0 Å². The zero-order chi connectivity index (χ0) is 11.9. The average Bonchev–Trinajstić information content (AvgIpc) is 2.53. The van der Waals surface area contributed by atoms with Crippen LogP contribution in [-0.2, 0) is 24.8 Å². The van der Waals surface area contributed by atoms with Crippen molar-refractivity contribution in [1.82, 2.24) is 14.5 Å². The van der Waals surface area contributed by atoms with Crippen LogP contribution in [0.4, 0.5) is 0 Å². The van der Waals surface area contributed by atoms with E-state index in [1.54, 1.807) is 0 Å². The number of hydrogen-bond donors (Lipinski definition) is 0. The fourth-order valence-electron chi connectivity index (χ4n) is 2.01. The van der Waals surface area contributed by atoms with E-state index in [1.165, 1.54) is 0 Å². The molecular formula is C11H16BrN3O. The Balaban J connectivity index is 2.23. The first-order valence-corrected chi connectivity index (χ1v) is 6.28. The summed E-state index contributed by atoms with van der Waals surface area (Å²) < 4.78 is 2.85. The first-order valence-electron chi connectivity index (χ1n) is 5.49. The summed E-state index contributed by atoms with van der Waals surface area (Å²) in [7, 11) is 1.97. The lowest BCUT2D eigenvalue weighted by Gasteiger charge is -2.28. The molecule has 4 nitrogen and oxygen atoms in total. The number of imidazole rings is 1. The monoisotopic (exact) mass is 285 g/mol. The summed E-state index contributed by atoms with van der Waals surface area (Å²) in [6.45, 7) is 5.35. The molecule has 0 bridgehead atoms. The van der Waals surface area contributed by atoms with Crippen LogP contribution in [0.2, 0.25) is 0 Å². The van der Waals surface area contributed by atoms with Crippen LogP contribution in [0.5, 0.6) is 0 Å². The summed E-state index contributed by atoms with van der Waals surface area (Å²) in [5, 5.41) is 0. The lowest BCUT2D eigenvalue weighted by molar-refractivity contribution is -0.135. The van der Waals surface area contributed by atoms with Gasteiger partial charge in [0.2, 0.25) is 5.91 Å². The molecule has 0 aliphatic carbocycles. The Kier molecular flexibility index (Phi) is 3.06. The van der Waals surface area contributed by atoms with Gasteiger partial charge in [-0.2, -0.15) is 0 Å². The van der Waals surface area contributed by atoms with Crippen LogP contribution in [0, 0.1) is 5.92 Å². The molecule has 2 rings (SSSR count). The zero-order valence-electron chi connectivity index (χ0n) is 9.83. The molecular weight excluding hydrogens is 270 g/mol. The van der Waals surface area contributed by atoms with E-state index in [1.807, 2.05) is 30.4 Å². The van der Waals surface area contributed by atoms with E-state index >= 15 is 0 Å². The van der Waals surface area contributed by atoms with Crippen molar-refractivity contribution in [2.75, 3.05) is 6.54 Å². The summed E-state index contributed by atoms with van der Waals surface area (Å²) in [5.41, 5.74) is 2.26. The van der Waals surface area contributed by atoms with Crippen molar-refractivity contribution in [3.63, 3.8) is 0 Å². The van der Waals surface area contributed by atoms with Gasteiger partial charge in [-0.25, -0.2) is 4.98 Å². The number of halogens is 1. The van der Waals surface area contributed by atoms with Crippen molar-refractivity contribution >= 4 is 21.8 Å². The van der Waals surface area contributed by atoms with Crippen molar-refractivity contribution < 1.29 is 4.79 Å². The van der Waals surface area contributed by atoms with E-state index in [4.69, 9.17) is 0 Å². The van der Waals surface area contributed by atoms with Crippen molar-refractivity contribution in [3.8, 4) is 0 Å². The summed E-state index contributed by atoms with van der Waals surface area (Å²) in [6.07, 6.45) is 0.854. The molecule has 2 heterocycles. The molecule has 1 aromatic heterocycles. The minimum absolute atomic E-state index is 0.0678. The largest absolute Gasteiger partial charge is 0.336 e. The Labute approximate surface area is 104 Å². The molecule has 0 spiro atoms. The zero-order valence-corrected chi connectivity index (χ0v) is 11.4. The third-order valence-corrected chi connectivity index (χ3v) is 3.72. The van der Waals surface area contributed by atoms with Gasteiger partial charge in [0, 0.05) is 25.9 Å². The fourth-order valence-corrected chi connectivity index (χ4v) is 2.44. The lowest BCUT2D eigenvalue weighted by atomic mass is 10.1. The van der Waals surface area contributed by atoms with E-state index in [0.29, 0.717) is 6.54 Å². The molecule has 1 amide bonds. The molecule has 0 fully saturated rings. The topological polar surface area (TPSA) is 38.1 Å². The van der Waals surface area contributed by atoms with Gasteiger partial charge < -0.3 is 9.47 Å². The molecule has 0 atom stereocenters. The van der Waals surface area contributed by atoms with Gasteiger partial charge >= 0.3 is 0 Å². The Hall–Kier alpha value is -0.840. The predicted molar refractivity (Wildman–Crippen MR) is 64.9 cm³/mol. The summed E-state index contributed by atoms with van der Waals surface area (Å²) >= 11 is 3.41. The van der Waals surface area contributed by atoms with Gasteiger partial charge in [0.05, 0.1) is 17.9 Å². The molecule has 88 valence electrons. The van der Waals surface area contributed by atoms with Gasteiger partial charge in [0.1, 0.15) is 0 Å². The molecule has 16 heavy (non-hydrogen) atoms. The third kappa shape index (κ3) is 1.88. The van der Waals surface area contributed by atoms with Crippen LogP contribution in [-0.4, -0.2) is 26.9 Å². The standard InChI is InChI=1S/C11H16BrN3O/c1-7(2)10(16)15-5-4-8-9(6-15)14(3)11(12)13-8/h7H,4-6H2,1-3H3. The van der Waals surface area contributed by atoms with E-state index in [9.17, 15) is 4.79 Å². The van der Waals surface area contributed by atoms with Gasteiger partial charge in [-0.1, -0.05) is 13.8 Å². The van der Waals surface area contributed by atoms with Gasteiger partial charge in [-0.3, -0.25) is 4.79 Å². The SMILES string of the molecule is CC(C)C(=O)N1CCc2nc(Br)n(C)c2C1. The van der Waals surface area contributed by atoms with E-state index in [0.717, 1.165) is 29.1 Å². The predicted octanol–water partition coefficient (Wildman–Crippen LogP) is 1.72. The highest BCUT2D eigenvalue weighted by molar-refractivity contribution is 9.10. The lowest BCUT2D eigenvalue weighted by Crippen LogP contribution is -2.38. The van der Waals surface area contributed by atoms with Crippen molar-refractivity contribution in [3.05, 3.63) is 16.1 Å². The number of hydrogen-bond acceptors (Lipinski definition) is 2. The van der Waals surface area contributed by atoms with Crippen LogP contribution in [0.25, 0.3) is 0 Å². The van der Waals surface area contributed by atoms with Crippen molar-refractivity contribution in [2.45, 2.75) is 26.8 Å². The molecule has 1 aliphatic heterocycles. The molecule has 0 saturated heterocycles. The van der Waals surface area contributed by atoms with Crippen LogP contribution >= 0.6 is 15.9 Å². The second-order valence-corrected chi connectivity index (χ2v) is 5.21. The first kappa shape index (κ1) is 11.6. The smallest absolute Gasteiger partial charge is 0.225 e. The van der Waals surface area contributed by atoms with Crippen molar-refractivity contribution in [1.29, 1.82) is 0 Å². The molecule has 0 N–H and O–H groups in total. The van der Waals surface area contributed by atoms with Gasteiger partial charge in [0.25, 0.3) is 0 Å². The highest BCUT2D eigenvalue weighted by Crippen LogP contribution is 2.22. The maximum absolute atomic E-state index is 11.9. The Morgan fingerprint density at radius 3 is 2.81 bits per heavy atom. The minimum atomic E-state index is 0.0678. The van der Waals surface area contributed by atoms with Crippen LogP contribution in [0.3, 0.4) is 0 Å². The summed E-state index contributed by atoms with van der Waals surface area (Å²) in [6, 6.07) is 0. The second kappa shape index (κ2) is 4.20. The number of amides is 1. The van der Waals surface area contributed by atoms with Crippen LogP contribution < -0.4 is 0 Å². The average molecular weight is 286 g/mol. The van der Waals surface area contributed by atoms with Crippen LogP contribution in [0.15, 0.2) is 4.73 Å². The van der Waals surface area contributed by atoms with E-state index in [-0.39, 0.29) is 11.8 Å². The minimum Gasteiger partial charge on any atom is -0.336 e. The Bertz CT molecular complexity index is 425. The number of rotatable bonds is 1. The molecule has 0 saturated carbocycles. The number of aromatic nitrogens is 2. The normalized spacial score (nSPS) is 15.4. The van der Waals surface area contributed by atoms with Gasteiger partial charge in [0.15, 0.2) is 4.73 Å². The highest BCUT2D eigenvalue weighted by Gasteiger charge is 2.26. The molecule has 1 aliphatic rings. The van der Waals surface area contributed by atoms with Crippen LogP contribution in [0.1, 0.15) is 25.2 Å². The van der Waals surface area contributed by atoms with Gasteiger partial charge in [-0.05, 0) is 15.9 Å². The number of nitrogens with zero attached hydrogens (tertiary/aromatic N) is 3. The third-order valence-electron chi connectivity index (χ3n) is 3.01. The first-order chi connectivity index (χ1) is 7.50. The summed E-state index contributed by atoms with van der Waals surface area (Å²) in [4.78, 5) is 18.3. The molecule has 1 aromatic rings. The molecule has 0 aromatic carbocycles. The second-order valence-electron chi connectivity index (χ2n) is 4.50. The quantitative estimate of drug-likeness (QED) is 0.788. The number of carbonyl (C=O) groups is 1.